The molecule has 0 saturated carbocycles. The second kappa shape index (κ2) is 10.5. The summed E-state index contributed by atoms with van der Waals surface area (Å²) in [7, 11) is 0. The minimum absolute atomic E-state index is 0. The van der Waals surface area contributed by atoms with Crippen LogP contribution < -0.4 is 39.7 Å². The van der Waals surface area contributed by atoms with Gasteiger partial charge in [-0.25, -0.2) is 0 Å². The summed E-state index contributed by atoms with van der Waals surface area (Å²) in [6.07, 6.45) is 0. The third-order valence-electron chi connectivity index (χ3n) is 1.12. The van der Waals surface area contributed by atoms with Crippen molar-refractivity contribution in [1.82, 2.24) is 0 Å². The second-order valence-electron chi connectivity index (χ2n) is 1.83. The van der Waals surface area contributed by atoms with Crippen molar-refractivity contribution >= 4 is 39.0 Å². The van der Waals surface area contributed by atoms with Crippen LogP contribution in [-0.2, 0) is 6.54 Å². The van der Waals surface area contributed by atoms with E-state index >= 15 is 0 Å². The van der Waals surface area contributed by atoms with Crippen LogP contribution >= 0.6 is 15.9 Å². The SMILES string of the molecule is NCc1cccc(Br)c1.[Br-].[Br-].[Mg+2]. The van der Waals surface area contributed by atoms with Gasteiger partial charge in [0.1, 0.15) is 0 Å². The molecule has 0 fully saturated rings. The second-order valence-corrected chi connectivity index (χ2v) is 2.75. The van der Waals surface area contributed by atoms with Crippen LogP contribution in [0.4, 0.5) is 0 Å². The number of hydrogen-bond acceptors (Lipinski definition) is 1. The summed E-state index contributed by atoms with van der Waals surface area (Å²) in [5.41, 5.74) is 6.55. The molecule has 2 N–H and O–H groups in total. The fourth-order valence-corrected chi connectivity index (χ4v) is 1.11. The first-order valence-corrected chi connectivity index (χ1v) is 3.57. The minimum Gasteiger partial charge on any atom is -1.00 e. The van der Waals surface area contributed by atoms with E-state index < -0.39 is 0 Å². The van der Waals surface area contributed by atoms with Crippen molar-refractivity contribution in [1.29, 1.82) is 0 Å². The Labute approximate surface area is 118 Å². The van der Waals surface area contributed by atoms with E-state index in [2.05, 4.69) is 15.9 Å². The van der Waals surface area contributed by atoms with Crippen LogP contribution in [0.1, 0.15) is 5.56 Å². The molecule has 0 aromatic heterocycles. The van der Waals surface area contributed by atoms with Gasteiger partial charge in [0.2, 0.25) is 0 Å². The molecule has 1 aromatic rings. The Balaban J connectivity index is -0.000000270. The average Bonchev–Trinajstić information content (AvgIpc) is 1.88. The van der Waals surface area contributed by atoms with E-state index in [1.165, 1.54) is 0 Å². The van der Waals surface area contributed by atoms with Gasteiger partial charge in [-0.05, 0) is 17.7 Å². The molecule has 1 rings (SSSR count). The number of halogens is 3. The topological polar surface area (TPSA) is 26.0 Å². The van der Waals surface area contributed by atoms with Crippen LogP contribution in [0.5, 0.6) is 0 Å². The summed E-state index contributed by atoms with van der Waals surface area (Å²) in [6.45, 7) is 0.611. The largest absolute Gasteiger partial charge is 2.00 e. The molecule has 0 bridgehead atoms. The molecule has 0 amide bonds. The molecule has 0 atom stereocenters. The number of rotatable bonds is 1. The molecule has 1 nitrogen and oxygen atoms in total. The maximum absolute atomic E-state index is 5.40. The molecule has 12 heavy (non-hydrogen) atoms. The zero-order valence-electron chi connectivity index (χ0n) is 6.43. The van der Waals surface area contributed by atoms with Crippen molar-refractivity contribution in [3.8, 4) is 0 Å². The van der Waals surface area contributed by atoms with Gasteiger partial charge < -0.3 is 39.7 Å². The van der Waals surface area contributed by atoms with Gasteiger partial charge in [0.15, 0.2) is 0 Å². The molecular formula is C7H8Br3MgN. The third-order valence-corrected chi connectivity index (χ3v) is 1.62. The summed E-state index contributed by atoms with van der Waals surface area (Å²) < 4.78 is 1.09. The van der Waals surface area contributed by atoms with Crippen LogP contribution in [0, 0.1) is 0 Å². The maximum Gasteiger partial charge on any atom is 2.00 e. The van der Waals surface area contributed by atoms with E-state index in [0.717, 1.165) is 10.0 Å². The van der Waals surface area contributed by atoms with Crippen molar-refractivity contribution in [2.24, 2.45) is 5.73 Å². The smallest absolute Gasteiger partial charge is 1.00 e. The van der Waals surface area contributed by atoms with Gasteiger partial charge in [0, 0.05) is 11.0 Å². The summed E-state index contributed by atoms with van der Waals surface area (Å²) in [5.74, 6) is 0. The maximum atomic E-state index is 5.40. The zero-order chi connectivity index (χ0) is 6.69. The number of nitrogens with two attached hydrogens (primary N) is 1. The Morgan fingerprint density at radius 3 is 2.17 bits per heavy atom. The molecule has 0 aliphatic carbocycles. The van der Waals surface area contributed by atoms with Crippen LogP contribution in [0.15, 0.2) is 28.7 Å². The summed E-state index contributed by atoms with van der Waals surface area (Å²) >= 11 is 3.35. The molecule has 0 saturated heterocycles. The van der Waals surface area contributed by atoms with Crippen molar-refractivity contribution in [2.45, 2.75) is 6.54 Å². The van der Waals surface area contributed by atoms with E-state index in [4.69, 9.17) is 5.73 Å². The molecule has 64 valence electrons. The minimum atomic E-state index is 0. The van der Waals surface area contributed by atoms with Gasteiger partial charge in [0.05, 0.1) is 0 Å². The quantitative estimate of drug-likeness (QED) is 0.496. The Bertz CT molecular complexity index is 208. The molecular weight excluding hydrogens is 362 g/mol. The third kappa shape index (κ3) is 6.85. The monoisotopic (exact) mass is 367 g/mol. The van der Waals surface area contributed by atoms with Crippen LogP contribution in [0.2, 0.25) is 0 Å². The first kappa shape index (κ1) is 19.0. The van der Waals surface area contributed by atoms with Crippen molar-refractivity contribution < 1.29 is 34.0 Å². The van der Waals surface area contributed by atoms with Gasteiger partial charge in [0.25, 0.3) is 0 Å². The molecule has 0 aliphatic heterocycles. The van der Waals surface area contributed by atoms with Gasteiger partial charge >= 0.3 is 23.1 Å². The predicted molar refractivity (Wildman–Crippen MR) is 47.8 cm³/mol. The van der Waals surface area contributed by atoms with E-state index in [-0.39, 0.29) is 57.0 Å². The van der Waals surface area contributed by atoms with Crippen LogP contribution in [0.3, 0.4) is 0 Å². The summed E-state index contributed by atoms with van der Waals surface area (Å²) in [4.78, 5) is 0. The Morgan fingerprint density at radius 1 is 1.25 bits per heavy atom. The number of benzene rings is 1. The normalized spacial score (nSPS) is 7.17. The van der Waals surface area contributed by atoms with Crippen LogP contribution in [0.25, 0.3) is 0 Å². The molecule has 0 heterocycles. The standard InChI is InChI=1S/C7H8BrN.2BrH.Mg/c8-7-3-1-2-6(4-7)5-9;;;/h1-4H,5,9H2;2*1H;/q;;;+2/p-2. The predicted octanol–water partition coefficient (Wildman–Crippen LogP) is -4.46. The van der Waals surface area contributed by atoms with Gasteiger partial charge in [-0.2, -0.15) is 0 Å². The molecule has 1 aromatic carbocycles. The van der Waals surface area contributed by atoms with E-state index in [9.17, 15) is 0 Å². The number of hydrogen-bond donors (Lipinski definition) is 1. The van der Waals surface area contributed by atoms with Gasteiger partial charge in [-0.1, -0.05) is 28.1 Å². The first-order valence-electron chi connectivity index (χ1n) is 2.77. The van der Waals surface area contributed by atoms with Crippen molar-refractivity contribution in [3.05, 3.63) is 34.3 Å². The van der Waals surface area contributed by atoms with E-state index in [1.807, 2.05) is 24.3 Å². The fraction of sp³-hybridized carbons (Fsp3) is 0.143. The zero-order valence-corrected chi connectivity index (χ0v) is 12.6. The van der Waals surface area contributed by atoms with E-state index in [0.29, 0.717) is 6.54 Å². The summed E-state index contributed by atoms with van der Waals surface area (Å²) in [5, 5.41) is 0. The summed E-state index contributed by atoms with van der Waals surface area (Å²) in [6, 6.07) is 7.98. The molecule has 0 unspecified atom stereocenters. The molecule has 0 aliphatic rings. The molecule has 5 heteroatoms. The van der Waals surface area contributed by atoms with Crippen molar-refractivity contribution in [3.63, 3.8) is 0 Å². The van der Waals surface area contributed by atoms with Gasteiger partial charge in [-0.15, -0.1) is 0 Å². The Morgan fingerprint density at radius 2 is 1.83 bits per heavy atom. The van der Waals surface area contributed by atoms with Gasteiger partial charge in [-0.3, -0.25) is 0 Å². The Hall–Kier alpha value is 1.39. The van der Waals surface area contributed by atoms with Crippen LogP contribution in [-0.4, -0.2) is 23.1 Å². The fourth-order valence-electron chi connectivity index (χ4n) is 0.664. The molecule has 0 spiro atoms. The average molecular weight is 370 g/mol. The molecule has 0 radical (unpaired) electrons. The first-order chi connectivity index (χ1) is 4.33. The van der Waals surface area contributed by atoms with Crippen molar-refractivity contribution in [2.75, 3.05) is 0 Å². The van der Waals surface area contributed by atoms with E-state index in [1.54, 1.807) is 0 Å². The Kier molecular flexibility index (Phi) is 16.6.